The van der Waals surface area contributed by atoms with Crippen molar-refractivity contribution in [3.05, 3.63) is 60.2 Å². The summed E-state index contributed by atoms with van der Waals surface area (Å²) in [7, 11) is 0. The minimum absolute atomic E-state index is 0.0643. The van der Waals surface area contributed by atoms with Gasteiger partial charge < -0.3 is 9.84 Å². The van der Waals surface area contributed by atoms with Crippen molar-refractivity contribution in [1.82, 2.24) is 0 Å². The van der Waals surface area contributed by atoms with Crippen LogP contribution in [0.25, 0.3) is 0 Å². The molecule has 0 saturated heterocycles. The molecule has 0 spiro atoms. The van der Waals surface area contributed by atoms with E-state index in [2.05, 4.69) is 17.9 Å². The third-order valence-corrected chi connectivity index (χ3v) is 2.04. The highest BCUT2D eigenvalue weighted by Gasteiger charge is 2.36. The Hall–Kier alpha value is -2.50. The van der Waals surface area contributed by atoms with Crippen molar-refractivity contribution in [2.24, 2.45) is 0 Å². The summed E-state index contributed by atoms with van der Waals surface area (Å²) in [4.78, 5) is 20.5. The normalized spacial score (nSPS) is 9.90. The fraction of sp³-hybridized carbons (Fsp3) is 0.200. The van der Waals surface area contributed by atoms with Crippen LogP contribution in [0.3, 0.4) is 0 Å². The zero-order chi connectivity index (χ0) is 16.6. The number of benzene rings is 1. The van der Waals surface area contributed by atoms with Crippen molar-refractivity contribution in [3.63, 3.8) is 0 Å². The lowest BCUT2D eigenvalue weighted by Gasteiger charge is -2.16. The van der Waals surface area contributed by atoms with E-state index >= 15 is 0 Å². The average molecular weight is 298 g/mol. The predicted octanol–water partition coefficient (Wildman–Crippen LogP) is 3.50. The first-order valence-electron chi connectivity index (χ1n) is 5.79. The van der Waals surface area contributed by atoms with Crippen molar-refractivity contribution >= 4 is 11.9 Å². The van der Waals surface area contributed by atoms with Crippen LogP contribution < -0.4 is 0 Å². The zero-order valence-corrected chi connectivity index (χ0v) is 11.7. The summed E-state index contributed by atoms with van der Waals surface area (Å²) in [5.74, 6) is -2.04. The van der Waals surface area contributed by atoms with E-state index in [0.29, 0.717) is 0 Å². The molecule has 0 saturated carbocycles. The summed E-state index contributed by atoms with van der Waals surface area (Å²) in [5, 5.41) is 7.89. The number of carbonyl (C=O) groups is 2. The summed E-state index contributed by atoms with van der Waals surface area (Å²) in [5.41, 5.74) is -0.250. The quantitative estimate of drug-likeness (QED) is 0.682. The molecule has 0 atom stereocenters. The highest BCUT2D eigenvalue weighted by atomic mass is 19.3. The Labute approximate surface area is 121 Å². The molecule has 0 radical (unpaired) electrons. The van der Waals surface area contributed by atoms with E-state index in [-0.39, 0.29) is 16.7 Å². The Morgan fingerprint density at radius 2 is 1.52 bits per heavy atom. The summed E-state index contributed by atoms with van der Waals surface area (Å²) in [6.45, 7) is 9.14. The minimum Gasteiger partial charge on any atom is -0.478 e. The van der Waals surface area contributed by atoms with Gasteiger partial charge in [0.15, 0.2) is 0 Å². The number of carboxylic acid groups (broad SMARTS) is 1. The first-order valence-corrected chi connectivity index (χ1v) is 5.79. The lowest BCUT2D eigenvalue weighted by atomic mass is 10.2. The van der Waals surface area contributed by atoms with Crippen LogP contribution in [0.5, 0.6) is 0 Å². The van der Waals surface area contributed by atoms with Gasteiger partial charge in [-0.15, -0.1) is 0 Å². The number of aliphatic carboxylic acids is 1. The average Bonchev–Trinajstić information content (AvgIpc) is 2.39. The number of hydrogen-bond donors (Lipinski definition) is 1. The molecule has 0 aliphatic rings. The number of hydrogen-bond acceptors (Lipinski definition) is 3. The van der Waals surface area contributed by atoms with Crippen molar-refractivity contribution in [3.8, 4) is 0 Å². The van der Waals surface area contributed by atoms with E-state index in [1.54, 1.807) is 6.07 Å². The molecule has 0 bridgehead atoms. The topological polar surface area (TPSA) is 63.6 Å². The molecule has 21 heavy (non-hydrogen) atoms. The van der Waals surface area contributed by atoms with Crippen LogP contribution in [0.2, 0.25) is 0 Å². The molecule has 0 unspecified atom stereocenters. The number of rotatable bonds is 4. The molecular formula is C15H16F2O4. The first-order chi connectivity index (χ1) is 9.58. The molecule has 6 heteroatoms. The largest absolute Gasteiger partial charge is 0.478 e. The SMILES string of the molecule is C=C(C)C(=O)O.C=C(C)C(=O)OC(F)(F)c1ccccc1. The van der Waals surface area contributed by atoms with Crippen LogP contribution in [-0.4, -0.2) is 17.0 Å². The number of esters is 1. The molecule has 4 nitrogen and oxygen atoms in total. The van der Waals surface area contributed by atoms with Gasteiger partial charge in [-0.05, 0) is 26.0 Å². The Bertz CT molecular complexity index is 524. The maximum absolute atomic E-state index is 13.3. The van der Waals surface area contributed by atoms with Gasteiger partial charge >= 0.3 is 18.0 Å². The smallest absolute Gasteiger partial charge is 0.428 e. The van der Waals surface area contributed by atoms with E-state index in [9.17, 15) is 18.4 Å². The molecule has 0 heterocycles. The van der Waals surface area contributed by atoms with E-state index in [1.165, 1.54) is 38.1 Å². The first kappa shape index (κ1) is 18.5. The fourth-order valence-corrected chi connectivity index (χ4v) is 0.895. The number of carboxylic acids is 1. The summed E-state index contributed by atoms with van der Waals surface area (Å²) in [6.07, 6.45) is -3.61. The highest BCUT2D eigenvalue weighted by molar-refractivity contribution is 5.87. The Balaban J connectivity index is 0.000000567. The van der Waals surface area contributed by atoms with Crippen LogP contribution in [0.1, 0.15) is 19.4 Å². The standard InChI is InChI=1S/C11H10F2O2.C4H6O2/c1-8(2)10(14)15-11(12,13)9-6-4-3-5-7-9;1-3(2)4(5)6/h3-7H,1H2,2H3;1H2,2H3,(H,5,6). The second-order valence-electron chi connectivity index (χ2n) is 4.14. The molecule has 0 fully saturated rings. The molecule has 1 N–H and O–H groups in total. The van der Waals surface area contributed by atoms with Gasteiger partial charge in [-0.25, -0.2) is 9.59 Å². The van der Waals surface area contributed by atoms with Gasteiger partial charge in [-0.2, -0.15) is 8.78 Å². The van der Waals surface area contributed by atoms with Gasteiger partial charge in [0.2, 0.25) is 0 Å². The van der Waals surface area contributed by atoms with Gasteiger partial charge in [-0.3, -0.25) is 0 Å². The van der Waals surface area contributed by atoms with Crippen LogP contribution in [0, 0.1) is 0 Å². The maximum atomic E-state index is 13.3. The maximum Gasteiger partial charge on any atom is 0.428 e. The molecule has 0 aliphatic heterocycles. The summed E-state index contributed by atoms with van der Waals surface area (Å²) < 4.78 is 30.6. The fourth-order valence-electron chi connectivity index (χ4n) is 0.895. The van der Waals surface area contributed by atoms with E-state index in [1.807, 2.05) is 0 Å². The number of ether oxygens (including phenoxy) is 1. The second-order valence-corrected chi connectivity index (χ2v) is 4.14. The molecule has 0 aliphatic carbocycles. The molecule has 0 aromatic heterocycles. The van der Waals surface area contributed by atoms with Gasteiger partial charge in [0.05, 0.1) is 5.56 Å². The van der Waals surface area contributed by atoms with Crippen LogP contribution in [0.15, 0.2) is 54.6 Å². The molecule has 1 aromatic carbocycles. The van der Waals surface area contributed by atoms with Gasteiger partial charge in [0.25, 0.3) is 0 Å². The third kappa shape index (κ3) is 7.00. The van der Waals surface area contributed by atoms with Crippen LogP contribution >= 0.6 is 0 Å². The minimum atomic E-state index is -3.61. The van der Waals surface area contributed by atoms with E-state index < -0.39 is 18.0 Å². The molecular weight excluding hydrogens is 282 g/mol. The molecule has 1 rings (SSSR count). The van der Waals surface area contributed by atoms with Crippen LogP contribution in [0.4, 0.5) is 8.78 Å². The molecule has 114 valence electrons. The van der Waals surface area contributed by atoms with Gasteiger partial charge in [-0.1, -0.05) is 31.4 Å². The van der Waals surface area contributed by atoms with Crippen molar-refractivity contribution in [1.29, 1.82) is 0 Å². The predicted molar refractivity (Wildman–Crippen MR) is 73.7 cm³/mol. The monoisotopic (exact) mass is 298 g/mol. The molecule has 0 amide bonds. The van der Waals surface area contributed by atoms with Gasteiger partial charge in [0.1, 0.15) is 0 Å². The van der Waals surface area contributed by atoms with Crippen molar-refractivity contribution in [2.75, 3.05) is 0 Å². The number of carbonyl (C=O) groups excluding carboxylic acids is 1. The van der Waals surface area contributed by atoms with E-state index in [0.717, 1.165) is 0 Å². The Kier molecular flexibility index (Phi) is 6.99. The van der Waals surface area contributed by atoms with Crippen molar-refractivity contribution < 1.29 is 28.2 Å². The van der Waals surface area contributed by atoms with Crippen LogP contribution in [-0.2, 0) is 20.4 Å². The van der Waals surface area contributed by atoms with E-state index in [4.69, 9.17) is 5.11 Å². The second kappa shape index (κ2) is 7.94. The summed E-state index contributed by atoms with van der Waals surface area (Å²) >= 11 is 0. The zero-order valence-electron chi connectivity index (χ0n) is 11.7. The Morgan fingerprint density at radius 3 is 1.86 bits per heavy atom. The lowest BCUT2D eigenvalue weighted by Crippen LogP contribution is -2.22. The lowest BCUT2D eigenvalue weighted by molar-refractivity contribution is -0.236. The summed E-state index contributed by atoms with van der Waals surface area (Å²) in [6, 6.07) is 6.85. The highest BCUT2D eigenvalue weighted by Crippen LogP contribution is 2.29. The Morgan fingerprint density at radius 1 is 1.10 bits per heavy atom. The number of alkyl halides is 2. The third-order valence-electron chi connectivity index (χ3n) is 2.04. The molecule has 1 aromatic rings. The van der Waals surface area contributed by atoms with Gasteiger partial charge in [0, 0.05) is 11.1 Å². The number of halogens is 2. The van der Waals surface area contributed by atoms with Crippen molar-refractivity contribution in [2.45, 2.75) is 20.0 Å².